The molecule has 0 amide bonds. The number of ether oxygens (including phenoxy) is 1. The first-order valence-electron chi connectivity index (χ1n) is 5.40. The third-order valence-corrected chi connectivity index (χ3v) is 3.84. The molecule has 106 valence electrons. The third kappa shape index (κ3) is 5.35. The highest BCUT2D eigenvalue weighted by Crippen LogP contribution is 2.27. The van der Waals surface area contributed by atoms with E-state index in [9.17, 15) is 18.3 Å². The van der Waals surface area contributed by atoms with E-state index < -0.39 is 16.0 Å². The minimum atomic E-state index is -3.63. The van der Waals surface area contributed by atoms with Crippen molar-refractivity contribution < 1.29 is 23.1 Å². The predicted octanol–water partition coefficient (Wildman–Crippen LogP) is 1.74. The summed E-state index contributed by atoms with van der Waals surface area (Å²) in [6.45, 7) is 0. The monoisotopic (exact) mass is 307 g/mol. The Balaban J connectivity index is 2.61. The Morgan fingerprint density at radius 1 is 1.47 bits per heavy atom. The van der Waals surface area contributed by atoms with Gasteiger partial charge in [0, 0.05) is 17.5 Å². The smallest absolute Gasteiger partial charge is 0.305 e. The lowest BCUT2D eigenvalue weighted by Gasteiger charge is -2.09. The molecule has 1 aromatic rings. The van der Waals surface area contributed by atoms with Gasteiger partial charge < -0.3 is 9.84 Å². The average Bonchev–Trinajstić information content (AvgIpc) is 2.32. The van der Waals surface area contributed by atoms with Gasteiger partial charge in [-0.05, 0) is 18.6 Å². The first-order chi connectivity index (χ1) is 8.84. The molecule has 0 spiro atoms. The number of hydrogen-bond donors (Lipinski definition) is 2. The van der Waals surface area contributed by atoms with Crippen LogP contribution in [-0.4, -0.2) is 32.4 Å². The van der Waals surface area contributed by atoms with Crippen LogP contribution in [0.5, 0.6) is 5.75 Å². The van der Waals surface area contributed by atoms with Crippen LogP contribution in [-0.2, 0) is 19.6 Å². The summed E-state index contributed by atoms with van der Waals surface area (Å²) >= 11 is 5.63. The number of methoxy groups -OCH3 is 1. The molecule has 0 atom stereocenters. The van der Waals surface area contributed by atoms with E-state index in [0.717, 1.165) is 0 Å². The molecule has 0 aliphatic rings. The maximum absolute atomic E-state index is 11.7. The Labute approximate surface area is 116 Å². The third-order valence-electron chi connectivity index (χ3n) is 2.25. The second kappa shape index (κ2) is 6.63. The van der Waals surface area contributed by atoms with E-state index in [0.29, 0.717) is 5.02 Å². The largest absolute Gasteiger partial charge is 0.506 e. The molecule has 0 aliphatic carbocycles. The van der Waals surface area contributed by atoms with Crippen molar-refractivity contribution in [2.45, 2.75) is 12.8 Å². The topological polar surface area (TPSA) is 92.7 Å². The molecular formula is C11H14ClNO5S. The number of esters is 1. The van der Waals surface area contributed by atoms with E-state index >= 15 is 0 Å². The van der Waals surface area contributed by atoms with Gasteiger partial charge in [0.2, 0.25) is 10.0 Å². The molecule has 0 saturated heterocycles. The summed E-state index contributed by atoms with van der Waals surface area (Å²) < 4.78 is 30.0. The molecule has 0 heterocycles. The number of phenols is 1. The first kappa shape index (κ1) is 15.6. The summed E-state index contributed by atoms with van der Waals surface area (Å²) in [7, 11) is -2.40. The standard InChI is InChI=1S/C11H14ClNO5S/c1-18-11(15)3-2-6-19(16,17)13-9-5-4-8(12)7-10(9)14/h4-5,7,13-14H,2-3,6H2,1H3. The van der Waals surface area contributed by atoms with Crippen molar-refractivity contribution in [3.05, 3.63) is 23.2 Å². The lowest BCUT2D eigenvalue weighted by molar-refractivity contribution is -0.140. The van der Waals surface area contributed by atoms with Crippen molar-refractivity contribution >= 4 is 33.3 Å². The minimum Gasteiger partial charge on any atom is -0.506 e. The van der Waals surface area contributed by atoms with Crippen LogP contribution >= 0.6 is 11.6 Å². The summed E-state index contributed by atoms with van der Waals surface area (Å²) in [4.78, 5) is 10.9. The molecular weight excluding hydrogens is 294 g/mol. The molecule has 0 fully saturated rings. The second-order valence-electron chi connectivity index (χ2n) is 3.76. The van der Waals surface area contributed by atoms with Crippen LogP contribution in [0.1, 0.15) is 12.8 Å². The van der Waals surface area contributed by atoms with Gasteiger partial charge in [-0.25, -0.2) is 8.42 Å². The number of carbonyl (C=O) groups is 1. The Hall–Kier alpha value is -1.47. The van der Waals surface area contributed by atoms with Crippen molar-refractivity contribution in [3.63, 3.8) is 0 Å². The van der Waals surface area contributed by atoms with Crippen molar-refractivity contribution in [3.8, 4) is 5.75 Å². The molecule has 0 aromatic heterocycles. The van der Waals surface area contributed by atoms with E-state index in [1.165, 1.54) is 25.3 Å². The van der Waals surface area contributed by atoms with Crippen LogP contribution in [0.15, 0.2) is 18.2 Å². The Morgan fingerprint density at radius 3 is 2.74 bits per heavy atom. The van der Waals surface area contributed by atoms with Crippen LogP contribution in [0.2, 0.25) is 5.02 Å². The molecule has 6 nitrogen and oxygen atoms in total. The average molecular weight is 308 g/mol. The zero-order valence-corrected chi connectivity index (χ0v) is 11.8. The van der Waals surface area contributed by atoms with Gasteiger partial charge in [-0.15, -0.1) is 0 Å². The number of carbonyl (C=O) groups excluding carboxylic acids is 1. The number of halogens is 1. The van der Waals surface area contributed by atoms with Crippen molar-refractivity contribution in [2.24, 2.45) is 0 Å². The van der Waals surface area contributed by atoms with Gasteiger partial charge in [-0.2, -0.15) is 0 Å². The van der Waals surface area contributed by atoms with Gasteiger partial charge in [0.1, 0.15) is 5.75 Å². The number of hydrogen-bond acceptors (Lipinski definition) is 5. The summed E-state index contributed by atoms with van der Waals surface area (Å²) in [6, 6.07) is 4.04. The van der Waals surface area contributed by atoms with Crippen LogP contribution in [0.4, 0.5) is 5.69 Å². The summed E-state index contributed by atoms with van der Waals surface area (Å²) in [6.07, 6.45) is 0.153. The number of anilines is 1. The normalized spacial score (nSPS) is 11.1. The molecule has 1 aromatic carbocycles. The number of benzene rings is 1. The Bertz CT molecular complexity index is 558. The fourth-order valence-corrected chi connectivity index (χ4v) is 2.62. The SMILES string of the molecule is COC(=O)CCCS(=O)(=O)Nc1ccc(Cl)cc1O. The lowest BCUT2D eigenvalue weighted by atomic mass is 10.3. The van der Waals surface area contributed by atoms with E-state index in [1.807, 2.05) is 0 Å². The molecule has 8 heteroatoms. The summed E-state index contributed by atoms with van der Waals surface area (Å²) in [5.41, 5.74) is 0.0440. The second-order valence-corrected chi connectivity index (χ2v) is 6.04. The molecule has 0 bridgehead atoms. The molecule has 1 rings (SSSR count). The van der Waals surface area contributed by atoms with Crippen LogP contribution in [0.3, 0.4) is 0 Å². The van der Waals surface area contributed by atoms with E-state index in [1.54, 1.807) is 0 Å². The van der Waals surface area contributed by atoms with E-state index in [-0.39, 0.29) is 30.0 Å². The maximum atomic E-state index is 11.7. The van der Waals surface area contributed by atoms with Gasteiger partial charge in [0.05, 0.1) is 18.6 Å². The fraction of sp³-hybridized carbons (Fsp3) is 0.364. The van der Waals surface area contributed by atoms with Gasteiger partial charge in [-0.3, -0.25) is 9.52 Å². The van der Waals surface area contributed by atoms with Crippen LogP contribution in [0.25, 0.3) is 0 Å². The maximum Gasteiger partial charge on any atom is 0.305 e. The first-order valence-corrected chi connectivity index (χ1v) is 7.43. The molecule has 2 N–H and O–H groups in total. The van der Waals surface area contributed by atoms with E-state index in [4.69, 9.17) is 11.6 Å². The van der Waals surface area contributed by atoms with Crippen LogP contribution in [0, 0.1) is 0 Å². The fourth-order valence-electron chi connectivity index (χ4n) is 1.32. The lowest BCUT2D eigenvalue weighted by Crippen LogP contribution is -2.17. The summed E-state index contributed by atoms with van der Waals surface area (Å²) in [5.74, 6) is -0.974. The molecule has 0 radical (unpaired) electrons. The zero-order valence-electron chi connectivity index (χ0n) is 10.2. The number of rotatable bonds is 6. The van der Waals surface area contributed by atoms with Gasteiger partial charge >= 0.3 is 5.97 Å². The van der Waals surface area contributed by atoms with Gasteiger partial charge in [0.25, 0.3) is 0 Å². The number of sulfonamides is 1. The number of aromatic hydroxyl groups is 1. The minimum absolute atomic E-state index is 0.0179. The van der Waals surface area contributed by atoms with Crippen molar-refractivity contribution in [1.29, 1.82) is 0 Å². The molecule has 0 saturated carbocycles. The van der Waals surface area contributed by atoms with Crippen LogP contribution < -0.4 is 4.72 Å². The highest BCUT2D eigenvalue weighted by atomic mass is 35.5. The quantitative estimate of drug-likeness (QED) is 0.617. The van der Waals surface area contributed by atoms with Crippen molar-refractivity contribution in [1.82, 2.24) is 0 Å². The van der Waals surface area contributed by atoms with Gasteiger partial charge in [0.15, 0.2) is 0 Å². The predicted molar refractivity (Wildman–Crippen MR) is 71.8 cm³/mol. The number of phenolic OH excluding ortho intramolecular Hbond substituents is 1. The molecule has 19 heavy (non-hydrogen) atoms. The Morgan fingerprint density at radius 2 is 2.16 bits per heavy atom. The highest BCUT2D eigenvalue weighted by Gasteiger charge is 2.14. The number of nitrogens with one attached hydrogen (secondary N) is 1. The highest BCUT2D eigenvalue weighted by molar-refractivity contribution is 7.92. The summed E-state index contributed by atoms with van der Waals surface area (Å²) in [5, 5.41) is 9.82. The zero-order chi connectivity index (χ0) is 14.5. The van der Waals surface area contributed by atoms with E-state index in [2.05, 4.69) is 9.46 Å². The molecule has 0 unspecified atom stereocenters. The van der Waals surface area contributed by atoms with Crippen molar-refractivity contribution in [2.75, 3.05) is 17.6 Å². The Kier molecular flexibility index (Phi) is 5.44. The molecule has 0 aliphatic heterocycles. The van der Waals surface area contributed by atoms with Gasteiger partial charge in [-0.1, -0.05) is 11.6 Å².